The zero-order valence-corrected chi connectivity index (χ0v) is 13.0. The van der Waals surface area contributed by atoms with Crippen molar-refractivity contribution in [1.29, 1.82) is 0 Å². The van der Waals surface area contributed by atoms with Crippen molar-refractivity contribution in [3.63, 3.8) is 0 Å². The number of ether oxygens (including phenoxy) is 1. The summed E-state index contributed by atoms with van der Waals surface area (Å²) in [5, 5.41) is 0. The van der Waals surface area contributed by atoms with Crippen LogP contribution in [0.3, 0.4) is 0 Å². The monoisotopic (exact) mass is 303 g/mol. The van der Waals surface area contributed by atoms with Crippen LogP contribution in [0.1, 0.15) is 22.4 Å². The van der Waals surface area contributed by atoms with E-state index in [1.807, 2.05) is 25.1 Å². The number of nitrogens with two attached hydrogens (primary N) is 1. The van der Waals surface area contributed by atoms with Crippen LogP contribution >= 0.6 is 12.2 Å². The summed E-state index contributed by atoms with van der Waals surface area (Å²) in [6.45, 7) is 4.10. The Morgan fingerprint density at radius 3 is 2.67 bits per heavy atom. The third-order valence-corrected chi connectivity index (χ3v) is 3.48. The quantitative estimate of drug-likeness (QED) is 0.868. The molecule has 0 spiro atoms. The average molecular weight is 303 g/mol. The Kier molecular flexibility index (Phi) is 4.37. The molecule has 1 aromatic heterocycles. The van der Waals surface area contributed by atoms with Gasteiger partial charge in [-0.3, -0.25) is 9.36 Å². The van der Waals surface area contributed by atoms with Crippen molar-refractivity contribution in [1.82, 2.24) is 9.55 Å². The molecule has 0 radical (unpaired) electrons. The molecule has 2 N–H and O–H groups in total. The molecule has 2 rings (SSSR count). The Hall–Kier alpha value is -2.21. The summed E-state index contributed by atoms with van der Waals surface area (Å²) in [5.74, 6) is 0. The first kappa shape index (κ1) is 15.2. The molecule has 0 aliphatic rings. The number of thiocarbonyl (C=S) groups is 1. The lowest BCUT2D eigenvalue weighted by Gasteiger charge is -2.13. The Bertz CT molecular complexity index is 753. The van der Waals surface area contributed by atoms with Crippen LogP contribution < -0.4 is 16.0 Å². The molecule has 0 saturated carbocycles. The third-order valence-electron chi connectivity index (χ3n) is 3.24. The molecule has 0 aliphatic heterocycles. The molecular formula is C15H17N3O2S. The Balaban J connectivity index is 2.43. The van der Waals surface area contributed by atoms with Gasteiger partial charge in [0.05, 0.1) is 13.7 Å². The van der Waals surface area contributed by atoms with Gasteiger partial charge in [-0.2, -0.15) is 0 Å². The van der Waals surface area contributed by atoms with Crippen molar-refractivity contribution in [2.45, 2.75) is 20.4 Å². The van der Waals surface area contributed by atoms with Crippen molar-refractivity contribution < 1.29 is 4.74 Å². The number of hydrogen-bond acceptors (Lipinski definition) is 4. The molecule has 0 unspecified atom stereocenters. The number of aromatic nitrogens is 2. The van der Waals surface area contributed by atoms with Gasteiger partial charge in [0, 0.05) is 17.3 Å². The van der Waals surface area contributed by atoms with E-state index in [1.54, 1.807) is 6.92 Å². The minimum Gasteiger partial charge on any atom is -0.468 e. The van der Waals surface area contributed by atoms with Gasteiger partial charge in [0.15, 0.2) is 0 Å². The highest BCUT2D eigenvalue weighted by atomic mass is 32.1. The fourth-order valence-electron chi connectivity index (χ4n) is 2.09. The van der Waals surface area contributed by atoms with Gasteiger partial charge in [-0.1, -0.05) is 24.4 Å². The van der Waals surface area contributed by atoms with E-state index < -0.39 is 0 Å². The number of aryl methyl sites for hydroxylation is 2. The smallest absolute Gasteiger partial charge is 0.299 e. The summed E-state index contributed by atoms with van der Waals surface area (Å²) < 4.78 is 6.69. The lowest BCUT2D eigenvalue weighted by Crippen LogP contribution is -2.23. The number of nitrogens with zero attached hydrogens (tertiary/aromatic N) is 2. The molecule has 0 aliphatic carbocycles. The van der Waals surface area contributed by atoms with Crippen molar-refractivity contribution in [2.75, 3.05) is 7.11 Å². The first-order chi connectivity index (χ1) is 9.92. The van der Waals surface area contributed by atoms with E-state index in [0.29, 0.717) is 23.2 Å². The molecule has 0 amide bonds. The zero-order valence-electron chi connectivity index (χ0n) is 12.2. The van der Waals surface area contributed by atoms with Crippen LogP contribution in [0.2, 0.25) is 0 Å². The minimum absolute atomic E-state index is 0.142. The lowest BCUT2D eigenvalue weighted by molar-refractivity contribution is 0.349. The largest absolute Gasteiger partial charge is 0.468 e. The molecule has 1 heterocycles. The van der Waals surface area contributed by atoms with E-state index in [-0.39, 0.29) is 5.56 Å². The molecule has 5 nitrogen and oxygen atoms in total. The molecule has 2 aromatic rings. The van der Waals surface area contributed by atoms with Gasteiger partial charge in [0.2, 0.25) is 0 Å². The van der Waals surface area contributed by atoms with Crippen molar-refractivity contribution >= 4 is 17.2 Å². The van der Waals surface area contributed by atoms with E-state index in [9.17, 15) is 4.79 Å². The second-order valence-electron chi connectivity index (χ2n) is 4.81. The third kappa shape index (κ3) is 3.28. The summed E-state index contributed by atoms with van der Waals surface area (Å²) in [6.07, 6.45) is 0. The van der Waals surface area contributed by atoms with E-state index in [2.05, 4.69) is 4.98 Å². The maximum absolute atomic E-state index is 12.1. The lowest BCUT2D eigenvalue weighted by atomic mass is 10.0. The SMILES string of the molecule is COc1nc(C)cc(=O)n1Cc1ccc(C(N)=S)cc1C. The van der Waals surface area contributed by atoms with Crippen LogP contribution in [-0.2, 0) is 6.54 Å². The maximum Gasteiger partial charge on any atom is 0.299 e. The second-order valence-corrected chi connectivity index (χ2v) is 5.25. The topological polar surface area (TPSA) is 70.1 Å². The number of rotatable bonds is 4. The molecule has 0 atom stereocenters. The summed E-state index contributed by atoms with van der Waals surface area (Å²) in [6, 6.07) is 7.47. The average Bonchev–Trinajstić information content (AvgIpc) is 2.42. The normalized spacial score (nSPS) is 10.4. The van der Waals surface area contributed by atoms with Crippen LogP contribution in [0.25, 0.3) is 0 Å². The standard InChI is InChI=1S/C15H17N3O2S/c1-9-6-11(14(16)21)4-5-12(9)8-18-13(19)7-10(2)17-15(18)20-3/h4-7H,8H2,1-3H3,(H2,16,21). The number of hydrogen-bond donors (Lipinski definition) is 1. The Labute approximate surface area is 128 Å². The highest BCUT2D eigenvalue weighted by Gasteiger charge is 2.10. The number of methoxy groups -OCH3 is 1. The van der Waals surface area contributed by atoms with Crippen LogP contribution in [0.5, 0.6) is 6.01 Å². The van der Waals surface area contributed by atoms with Gasteiger partial charge in [-0.05, 0) is 31.0 Å². The molecule has 0 saturated heterocycles. The number of benzene rings is 1. The molecule has 110 valence electrons. The predicted molar refractivity (Wildman–Crippen MR) is 86.0 cm³/mol. The molecule has 6 heteroatoms. The zero-order chi connectivity index (χ0) is 15.6. The predicted octanol–water partition coefficient (Wildman–Crippen LogP) is 1.55. The first-order valence-corrected chi connectivity index (χ1v) is 6.85. The van der Waals surface area contributed by atoms with Crippen LogP contribution in [0.4, 0.5) is 0 Å². The van der Waals surface area contributed by atoms with Gasteiger partial charge in [-0.25, -0.2) is 4.98 Å². The van der Waals surface area contributed by atoms with Crippen LogP contribution in [-0.4, -0.2) is 21.6 Å². The van der Waals surface area contributed by atoms with Gasteiger partial charge >= 0.3 is 0 Å². The van der Waals surface area contributed by atoms with Crippen molar-refractivity contribution in [3.8, 4) is 6.01 Å². The van der Waals surface area contributed by atoms with Crippen molar-refractivity contribution in [3.05, 3.63) is 57.0 Å². The highest BCUT2D eigenvalue weighted by molar-refractivity contribution is 7.80. The fraction of sp³-hybridized carbons (Fsp3) is 0.267. The fourth-order valence-corrected chi connectivity index (χ4v) is 2.22. The van der Waals surface area contributed by atoms with Crippen LogP contribution in [0, 0.1) is 13.8 Å². The summed E-state index contributed by atoms with van der Waals surface area (Å²) in [5.41, 5.74) is 8.92. The maximum atomic E-state index is 12.1. The molecule has 0 bridgehead atoms. The first-order valence-electron chi connectivity index (χ1n) is 6.44. The van der Waals surface area contributed by atoms with Gasteiger partial charge in [0.25, 0.3) is 11.6 Å². The van der Waals surface area contributed by atoms with Crippen LogP contribution in [0.15, 0.2) is 29.1 Å². The summed E-state index contributed by atoms with van der Waals surface area (Å²) >= 11 is 4.96. The molecule has 21 heavy (non-hydrogen) atoms. The Morgan fingerprint density at radius 1 is 1.38 bits per heavy atom. The van der Waals surface area contributed by atoms with Gasteiger partial charge in [0.1, 0.15) is 4.99 Å². The second kappa shape index (κ2) is 6.05. The molecule has 1 aromatic carbocycles. The highest BCUT2D eigenvalue weighted by Crippen LogP contribution is 2.15. The van der Waals surface area contributed by atoms with Gasteiger partial charge in [-0.15, -0.1) is 0 Å². The molecule has 0 fully saturated rings. The van der Waals surface area contributed by atoms with Crippen molar-refractivity contribution in [2.24, 2.45) is 5.73 Å². The Morgan fingerprint density at radius 2 is 2.10 bits per heavy atom. The van der Waals surface area contributed by atoms with E-state index in [1.165, 1.54) is 17.7 Å². The molecular weight excluding hydrogens is 286 g/mol. The minimum atomic E-state index is -0.142. The summed E-state index contributed by atoms with van der Waals surface area (Å²) in [4.78, 5) is 16.7. The van der Waals surface area contributed by atoms with E-state index in [4.69, 9.17) is 22.7 Å². The van der Waals surface area contributed by atoms with E-state index in [0.717, 1.165) is 16.7 Å². The summed E-state index contributed by atoms with van der Waals surface area (Å²) in [7, 11) is 1.50. The van der Waals surface area contributed by atoms with E-state index >= 15 is 0 Å². The van der Waals surface area contributed by atoms with Gasteiger partial charge < -0.3 is 10.5 Å².